The summed E-state index contributed by atoms with van der Waals surface area (Å²) in [6.07, 6.45) is 2.22. The van der Waals surface area contributed by atoms with Gasteiger partial charge in [0.15, 0.2) is 0 Å². The maximum Gasteiger partial charge on any atom is 0.407 e. The Labute approximate surface area is 217 Å². The average Bonchev–Trinajstić information content (AvgIpc) is 2.90. The Morgan fingerprint density at radius 2 is 1.14 bits per heavy atom. The molecule has 2 aliphatic rings. The molecule has 196 valence electrons. The summed E-state index contributed by atoms with van der Waals surface area (Å²) in [5.74, 6) is 2.53. The predicted octanol–water partition coefficient (Wildman–Crippen LogP) is 4.30. The van der Waals surface area contributed by atoms with Crippen molar-refractivity contribution in [1.29, 1.82) is 0 Å². The minimum Gasteiger partial charge on any atom is -0.445 e. The van der Waals surface area contributed by atoms with Gasteiger partial charge in [0.05, 0.1) is 11.5 Å². The third-order valence-electron chi connectivity index (χ3n) is 5.85. The number of carbonyl (C=O) groups is 2. The first-order chi connectivity index (χ1) is 17.4. The molecule has 8 nitrogen and oxygen atoms in total. The molecule has 10 heteroatoms. The summed E-state index contributed by atoms with van der Waals surface area (Å²) < 4.78 is 32.8. The smallest absolute Gasteiger partial charge is 0.407 e. The van der Waals surface area contributed by atoms with Crippen LogP contribution in [0.25, 0.3) is 0 Å². The van der Waals surface area contributed by atoms with Crippen LogP contribution in [0.15, 0.2) is 60.7 Å². The summed E-state index contributed by atoms with van der Waals surface area (Å²) in [5.41, 5.74) is 1.94. The number of thioether (sulfide) groups is 1. The first-order valence-corrected chi connectivity index (χ1v) is 15.1. The average molecular weight is 535 g/mol. The topological polar surface area (TPSA) is 111 Å². The number of sulfone groups is 1. The molecule has 2 aromatic carbocycles. The van der Waals surface area contributed by atoms with Crippen LogP contribution < -0.4 is 10.6 Å². The Bertz CT molecular complexity index is 1030. The van der Waals surface area contributed by atoms with Crippen LogP contribution in [-0.2, 0) is 32.5 Å². The van der Waals surface area contributed by atoms with Gasteiger partial charge < -0.3 is 20.1 Å². The van der Waals surface area contributed by atoms with E-state index in [9.17, 15) is 18.0 Å². The van der Waals surface area contributed by atoms with E-state index in [-0.39, 0.29) is 30.2 Å². The quantitative estimate of drug-likeness (QED) is 0.569. The number of carbonyl (C=O) groups excluding carboxylic acids is 2. The molecular weight excluding hydrogens is 500 g/mol. The fourth-order valence-corrected chi connectivity index (χ4v) is 6.34. The molecular formula is C26H34N2O6S2. The van der Waals surface area contributed by atoms with E-state index < -0.39 is 15.9 Å². The summed E-state index contributed by atoms with van der Waals surface area (Å²) >= 11 is 1.94. The highest BCUT2D eigenvalue weighted by atomic mass is 32.2. The zero-order valence-electron chi connectivity index (χ0n) is 20.3. The van der Waals surface area contributed by atoms with E-state index in [4.69, 9.17) is 9.47 Å². The van der Waals surface area contributed by atoms with Crippen molar-refractivity contribution in [2.75, 3.05) is 23.0 Å². The largest absolute Gasteiger partial charge is 0.445 e. The van der Waals surface area contributed by atoms with E-state index in [2.05, 4.69) is 10.6 Å². The molecule has 0 bridgehead atoms. The van der Waals surface area contributed by atoms with E-state index >= 15 is 0 Å². The van der Waals surface area contributed by atoms with Crippen molar-refractivity contribution in [2.45, 2.75) is 51.0 Å². The second kappa shape index (κ2) is 14.7. The first kappa shape index (κ1) is 27.9. The summed E-state index contributed by atoms with van der Waals surface area (Å²) in [7, 11) is -2.90. The van der Waals surface area contributed by atoms with Crippen molar-refractivity contribution >= 4 is 33.8 Å². The third-order valence-corrected chi connectivity index (χ3v) is 8.61. The van der Waals surface area contributed by atoms with Crippen LogP contribution >= 0.6 is 11.8 Å². The second-order valence-electron chi connectivity index (χ2n) is 8.72. The zero-order valence-corrected chi connectivity index (χ0v) is 21.9. The van der Waals surface area contributed by atoms with Gasteiger partial charge in [-0.15, -0.1) is 0 Å². The van der Waals surface area contributed by atoms with Crippen molar-refractivity contribution in [3.63, 3.8) is 0 Å². The number of alkyl carbamates (subject to hydrolysis) is 2. The van der Waals surface area contributed by atoms with Crippen molar-refractivity contribution in [1.82, 2.24) is 10.6 Å². The molecule has 0 aliphatic carbocycles. The zero-order chi connectivity index (χ0) is 25.6. The van der Waals surface area contributed by atoms with Gasteiger partial charge in [-0.2, -0.15) is 11.8 Å². The molecule has 0 spiro atoms. The molecule has 2 saturated heterocycles. The van der Waals surface area contributed by atoms with Crippen molar-refractivity contribution in [2.24, 2.45) is 0 Å². The maximum atomic E-state index is 11.6. The number of nitrogens with one attached hydrogen (secondary N) is 2. The van der Waals surface area contributed by atoms with E-state index in [0.29, 0.717) is 25.5 Å². The van der Waals surface area contributed by atoms with Gasteiger partial charge in [-0.05, 0) is 48.3 Å². The molecule has 0 atom stereocenters. The minimum absolute atomic E-state index is 0.105. The van der Waals surface area contributed by atoms with Crippen LogP contribution in [0.4, 0.5) is 9.59 Å². The monoisotopic (exact) mass is 534 g/mol. The summed E-state index contributed by atoms with van der Waals surface area (Å²) in [5, 5.41) is 5.62. The number of hydrogen-bond acceptors (Lipinski definition) is 7. The Morgan fingerprint density at radius 3 is 1.58 bits per heavy atom. The molecule has 0 aromatic heterocycles. The molecule has 2 heterocycles. The lowest BCUT2D eigenvalue weighted by Crippen LogP contribution is -2.41. The standard InChI is InChI=1S/C13H17NO4S.C13H17NO2S/c15-13(18-10-11-4-2-1-3-5-11)14-12-6-8-19(16,17)9-7-12;15-13(14-12-6-8-17-9-7-12)16-10-11-4-2-1-3-5-11/h1-5,12H,6-10H2,(H,14,15);1-5,12H,6-10H2,(H,14,15). The SMILES string of the molecule is O=C(NC1CCS(=O)(=O)CC1)OCc1ccccc1.O=C(NC1CCSCC1)OCc1ccccc1. The Morgan fingerprint density at radius 1 is 0.722 bits per heavy atom. The van der Waals surface area contributed by atoms with E-state index in [1.54, 1.807) is 0 Å². The molecule has 0 radical (unpaired) electrons. The van der Waals surface area contributed by atoms with Crippen LogP contribution in [0.2, 0.25) is 0 Å². The van der Waals surface area contributed by atoms with Gasteiger partial charge in [0.2, 0.25) is 0 Å². The van der Waals surface area contributed by atoms with Gasteiger partial charge in [0, 0.05) is 12.1 Å². The van der Waals surface area contributed by atoms with E-state index in [0.717, 1.165) is 35.5 Å². The normalized spacial score (nSPS) is 17.7. The highest BCUT2D eigenvalue weighted by molar-refractivity contribution is 7.99. The predicted molar refractivity (Wildman–Crippen MR) is 142 cm³/mol. The van der Waals surface area contributed by atoms with Crippen LogP contribution in [0.1, 0.15) is 36.8 Å². The van der Waals surface area contributed by atoms with Crippen LogP contribution in [0.5, 0.6) is 0 Å². The lowest BCUT2D eigenvalue weighted by atomic mass is 10.2. The third kappa shape index (κ3) is 10.9. The number of hydrogen-bond donors (Lipinski definition) is 2. The molecule has 2 aliphatic heterocycles. The first-order valence-electron chi connectivity index (χ1n) is 12.1. The maximum absolute atomic E-state index is 11.6. The summed E-state index contributed by atoms with van der Waals surface area (Å²) in [6.45, 7) is 0.561. The van der Waals surface area contributed by atoms with Gasteiger partial charge in [-0.3, -0.25) is 0 Å². The van der Waals surface area contributed by atoms with Gasteiger partial charge in [-0.25, -0.2) is 18.0 Å². The molecule has 0 saturated carbocycles. The molecule has 2 amide bonds. The fourth-order valence-electron chi connectivity index (χ4n) is 3.74. The van der Waals surface area contributed by atoms with Gasteiger partial charge in [-0.1, -0.05) is 60.7 Å². The highest BCUT2D eigenvalue weighted by Gasteiger charge is 2.25. The van der Waals surface area contributed by atoms with Crippen molar-refractivity contribution in [3.05, 3.63) is 71.8 Å². The van der Waals surface area contributed by atoms with Crippen LogP contribution in [-0.4, -0.2) is 55.7 Å². The van der Waals surface area contributed by atoms with Gasteiger partial charge in [0.25, 0.3) is 0 Å². The summed E-state index contributed by atoms with van der Waals surface area (Å²) in [4.78, 5) is 23.1. The fraction of sp³-hybridized carbons (Fsp3) is 0.462. The van der Waals surface area contributed by atoms with Gasteiger partial charge >= 0.3 is 12.2 Å². The molecule has 4 rings (SSSR count). The number of rotatable bonds is 6. The lowest BCUT2D eigenvalue weighted by molar-refractivity contribution is 0.134. The highest BCUT2D eigenvalue weighted by Crippen LogP contribution is 2.17. The molecule has 2 fully saturated rings. The molecule has 2 aromatic rings. The Hall–Kier alpha value is -2.72. The molecule has 0 unspecified atom stereocenters. The van der Waals surface area contributed by atoms with Gasteiger partial charge in [0.1, 0.15) is 23.1 Å². The van der Waals surface area contributed by atoms with Crippen LogP contribution in [0, 0.1) is 0 Å². The van der Waals surface area contributed by atoms with Crippen molar-refractivity contribution in [3.8, 4) is 0 Å². The number of amides is 2. The lowest BCUT2D eigenvalue weighted by Gasteiger charge is -2.22. The summed E-state index contributed by atoms with van der Waals surface area (Å²) in [6, 6.07) is 19.3. The molecule has 2 N–H and O–H groups in total. The number of ether oxygens (including phenoxy) is 2. The Kier molecular flexibility index (Phi) is 11.4. The van der Waals surface area contributed by atoms with E-state index in [1.165, 1.54) is 0 Å². The minimum atomic E-state index is -2.90. The second-order valence-corrected chi connectivity index (χ2v) is 12.3. The van der Waals surface area contributed by atoms with Crippen molar-refractivity contribution < 1.29 is 27.5 Å². The Balaban J connectivity index is 0.000000202. The number of benzene rings is 2. The van der Waals surface area contributed by atoms with Crippen LogP contribution in [0.3, 0.4) is 0 Å². The van der Waals surface area contributed by atoms with E-state index in [1.807, 2.05) is 72.4 Å². The molecule has 36 heavy (non-hydrogen) atoms.